The van der Waals surface area contributed by atoms with Gasteiger partial charge in [0.05, 0.1) is 9.95 Å². The van der Waals surface area contributed by atoms with Crippen molar-refractivity contribution in [2.45, 2.75) is 24.8 Å². The molecule has 8 heteroatoms. The summed E-state index contributed by atoms with van der Waals surface area (Å²) >= 11 is 5.83. The van der Waals surface area contributed by atoms with Gasteiger partial charge in [-0.3, -0.25) is 14.9 Å². The fraction of sp³-hybridized carbons (Fsp3) is 0.333. The number of aliphatic carboxylic acids is 1. The maximum absolute atomic E-state index is 12.1. The van der Waals surface area contributed by atoms with Crippen molar-refractivity contribution >= 4 is 29.2 Å². The summed E-state index contributed by atoms with van der Waals surface area (Å²) in [5.74, 6) is -1.99. The molecule has 1 aliphatic carbocycles. The van der Waals surface area contributed by atoms with E-state index in [1.54, 1.807) is 0 Å². The van der Waals surface area contributed by atoms with Crippen LogP contribution in [0.4, 0.5) is 5.69 Å². The van der Waals surface area contributed by atoms with Gasteiger partial charge >= 0.3 is 5.97 Å². The summed E-state index contributed by atoms with van der Waals surface area (Å²) in [5, 5.41) is 22.3. The number of rotatable bonds is 4. The Morgan fingerprint density at radius 1 is 1.40 bits per heavy atom. The van der Waals surface area contributed by atoms with E-state index < -0.39 is 28.0 Å². The van der Waals surface area contributed by atoms with Gasteiger partial charge in [-0.25, -0.2) is 4.79 Å². The van der Waals surface area contributed by atoms with Crippen LogP contribution in [-0.2, 0) is 4.79 Å². The zero-order valence-electron chi connectivity index (χ0n) is 10.3. The number of hydrogen-bond donors (Lipinski definition) is 2. The Morgan fingerprint density at radius 2 is 2.05 bits per heavy atom. The normalized spacial score (nSPS) is 16.1. The quantitative estimate of drug-likeness (QED) is 0.652. The van der Waals surface area contributed by atoms with E-state index in [1.807, 2.05) is 0 Å². The van der Waals surface area contributed by atoms with Crippen LogP contribution in [0.1, 0.15) is 29.6 Å². The van der Waals surface area contributed by atoms with Gasteiger partial charge in [-0.15, -0.1) is 0 Å². The molecule has 1 aromatic carbocycles. The van der Waals surface area contributed by atoms with Crippen molar-refractivity contribution in [3.63, 3.8) is 0 Å². The van der Waals surface area contributed by atoms with Crippen molar-refractivity contribution in [1.82, 2.24) is 5.32 Å². The van der Waals surface area contributed by atoms with Gasteiger partial charge in [-0.05, 0) is 25.3 Å². The first kappa shape index (κ1) is 14.3. The smallest absolute Gasteiger partial charge is 0.329 e. The van der Waals surface area contributed by atoms with Gasteiger partial charge in [0.15, 0.2) is 0 Å². The van der Waals surface area contributed by atoms with Crippen LogP contribution in [0.15, 0.2) is 18.2 Å². The summed E-state index contributed by atoms with van der Waals surface area (Å²) in [6.45, 7) is 0. The summed E-state index contributed by atoms with van der Waals surface area (Å²) < 4.78 is 0. The van der Waals surface area contributed by atoms with E-state index in [-0.39, 0.29) is 10.6 Å². The SMILES string of the molecule is O=C(NC1(C(=O)O)CCC1)c1c(Cl)cccc1[N+](=O)[O-]. The molecule has 2 rings (SSSR count). The van der Waals surface area contributed by atoms with Crippen LogP contribution in [0.25, 0.3) is 0 Å². The third-order valence-corrected chi connectivity index (χ3v) is 3.70. The van der Waals surface area contributed by atoms with Crippen LogP contribution in [-0.4, -0.2) is 27.4 Å². The number of amides is 1. The topological polar surface area (TPSA) is 110 Å². The number of nitrogens with one attached hydrogen (secondary N) is 1. The monoisotopic (exact) mass is 298 g/mol. The molecule has 0 aromatic heterocycles. The van der Waals surface area contributed by atoms with Crippen LogP contribution in [0.3, 0.4) is 0 Å². The predicted molar refractivity (Wildman–Crippen MR) is 69.8 cm³/mol. The number of benzene rings is 1. The van der Waals surface area contributed by atoms with Gasteiger partial charge in [0.25, 0.3) is 11.6 Å². The zero-order valence-corrected chi connectivity index (χ0v) is 11.0. The number of hydrogen-bond acceptors (Lipinski definition) is 4. The third kappa shape index (κ3) is 2.32. The molecule has 1 amide bonds. The molecule has 106 valence electrons. The first-order chi connectivity index (χ1) is 9.37. The Bertz CT molecular complexity index is 598. The van der Waals surface area contributed by atoms with E-state index in [1.165, 1.54) is 12.1 Å². The lowest BCUT2D eigenvalue weighted by Crippen LogP contribution is -2.59. The van der Waals surface area contributed by atoms with Gasteiger partial charge in [0.1, 0.15) is 11.1 Å². The largest absolute Gasteiger partial charge is 0.480 e. The van der Waals surface area contributed by atoms with Gasteiger partial charge in [-0.2, -0.15) is 0 Å². The van der Waals surface area contributed by atoms with Gasteiger partial charge in [0, 0.05) is 6.07 Å². The van der Waals surface area contributed by atoms with Crippen LogP contribution < -0.4 is 5.32 Å². The molecule has 0 radical (unpaired) electrons. The van der Waals surface area contributed by atoms with Gasteiger partial charge in [-0.1, -0.05) is 17.7 Å². The van der Waals surface area contributed by atoms with E-state index in [0.29, 0.717) is 19.3 Å². The lowest BCUT2D eigenvalue weighted by Gasteiger charge is -2.38. The minimum Gasteiger partial charge on any atom is -0.480 e. The highest BCUT2D eigenvalue weighted by molar-refractivity contribution is 6.34. The maximum atomic E-state index is 12.1. The van der Waals surface area contributed by atoms with Crippen molar-refractivity contribution < 1.29 is 19.6 Å². The first-order valence-corrected chi connectivity index (χ1v) is 6.24. The van der Waals surface area contributed by atoms with Crippen molar-refractivity contribution in [1.29, 1.82) is 0 Å². The van der Waals surface area contributed by atoms with Crippen LogP contribution in [0.5, 0.6) is 0 Å². The lowest BCUT2D eigenvalue weighted by molar-refractivity contribution is -0.385. The molecule has 2 N–H and O–H groups in total. The highest BCUT2D eigenvalue weighted by Crippen LogP contribution is 2.34. The predicted octanol–water partition coefficient (Wildman–Crippen LogP) is 1.99. The second-order valence-corrected chi connectivity index (χ2v) is 4.99. The molecular weight excluding hydrogens is 288 g/mol. The van der Waals surface area contributed by atoms with E-state index in [2.05, 4.69) is 5.32 Å². The number of halogens is 1. The molecule has 0 unspecified atom stereocenters. The number of carbonyl (C=O) groups is 2. The molecule has 0 spiro atoms. The number of nitrogens with zero attached hydrogens (tertiary/aromatic N) is 1. The Kier molecular flexibility index (Phi) is 3.63. The van der Waals surface area contributed by atoms with E-state index in [0.717, 1.165) is 6.07 Å². The highest BCUT2D eigenvalue weighted by atomic mass is 35.5. The minimum absolute atomic E-state index is 0.0865. The number of carboxylic acids is 1. The van der Waals surface area contributed by atoms with Gasteiger partial charge < -0.3 is 10.4 Å². The second-order valence-electron chi connectivity index (χ2n) is 4.59. The maximum Gasteiger partial charge on any atom is 0.329 e. The third-order valence-electron chi connectivity index (χ3n) is 3.38. The van der Waals surface area contributed by atoms with E-state index in [4.69, 9.17) is 16.7 Å². The van der Waals surface area contributed by atoms with Crippen molar-refractivity contribution in [3.05, 3.63) is 38.9 Å². The Balaban J connectivity index is 2.35. The Morgan fingerprint density at radius 3 is 2.50 bits per heavy atom. The molecule has 0 bridgehead atoms. The first-order valence-electron chi connectivity index (χ1n) is 5.86. The summed E-state index contributed by atoms with van der Waals surface area (Å²) in [6, 6.07) is 3.85. The molecular formula is C12H11ClN2O5. The fourth-order valence-corrected chi connectivity index (χ4v) is 2.35. The average Bonchev–Trinajstić information content (AvgIpc) is 2.32. The average molecular weight is 299 g/mol. The van der Waals surface area contributed by atoms with E-state index in [9.17, 15) is 19.7 Å². The molecule has 1 aromatic rings. The Hall–Kier alpha value is -2.15. The summed E-state index contributed by atoms with van der Waals surface area (Å²) in [6.07, 6.45) is 1.27. The molecule has 0 saturated heterocycles. The zero-order chi connectivity index (χ0) is 14.9. The number of nitro benzene ring substituents is 1. The van der Waals surface area contributed by atoms with Crippen molar-refractivity contribution in [3.8, 4) is 0 Å². The second kappa shape index (κ2) is 5.09. The summed E-state index contributed by atoms with van der Waals surface area (Å²) in [5.41, 5.74) is -2.11. The highest BCUT2D eigenvalue weighted by Gasteiger charge is 2.46. The fourth-order valence-electron chi connectivity index (χ4n) is 2.09. The molecule has 1 fully saturated rings. The van der Waals surface area contributed by atoms with Gasteiger partial charge in [0.2, 0.25) is 0 Å². The van der Waals surface area contributed by atoms with Crippen molar-refractivity contribution in [2.75, 3.05) is 0 Å². The molecule has 0 heterocycles. The van der Waals surface area contributed by atoms with E-state index >= 15 is 0 Å². The molecule has 1 aliphatic rings. The number of nitro groups is 1. The minimum atomic E-state index is -1.34. The molecule has 20 heavy (non-hydrogen) atoms. The van der Waals surface area contributed by atoms with Crippen LogP contribution in [0, 0.1) is 10.1 Å². The molecule has 0 aliphatic heterocycles. The molecule has 0 atom stereocenters. The lowest BCUT2D eigenvalue weighted by atomic mass is 9.76. The molecule has 7 nitrogen and oxygen atoms in total. The van der Waals surface area contributed by atoms with Crippen molar-refractivity contribution in [2.24, 2.45) is 0 Å². The number of carbonyl (C=O) groups excluding carboxylic acids is 1. The number of carboxylic acid groups (broad SMARTS) is 1. The summed E-state index contributed by atoms with van der Waals surface area (Å²) in [4.78, 5) is 33.5. The Labute approximate surface area is 118 Å². The molecule has 1 saturated carbocycles. The van der Waals surface area contributed by atoms with Crippen LogP contribution >= 0.6 is 11.6 Å². The standard InChI is InChI=1S/C12H11ClN2O5/c13-7-3-1-4-8(15(19)20)9(7)10(16)14-12(11(17)18)5-2-6-12/h1,3-4H,2,5-6H2,(H,14,16)(H,17,18). The van der Waals surface area contributed by atoms with Crippen LogP contribution in [0.2, 0.25) is 5.02 Å². The summed E-state index contributed by atoms with van der Waals surface area (Å²) in [7, 11) is 0.